The number of nitrogens with zero attached hydrogens (tertiary/aromatic N) is 2. The molecule has 0 unspecified atom stereocenters. The highest BCUT2D eigenvalue weighted by Crippen LogP contribution is 2.25. The second-order valence-corrected chi connectivity index (χ2v) is 7.06. The fourth-order valence-corrected chi connectivity index (χ4v) is 3.81. The minimum atomic E-state index is -0.370. The molecular formula is C20H28N2O3. The molecule has 2 heterocycles. The Kier molecular flexibility index (Phi) is 5.95. The van der Waals surface area contributed by atoms with Crippen LogP contribution in [-0.4, -0.2) is 49.1 Å². The Morgan fingerprint density at radius 2 is 1.96 bits per heavy atom. The van der Waals surface area contributed by atoms with Gasteiger partial charge in [-0.15, -0.1) is 0 Å². The van der Waals surface area contributed by atoms with Crippen LogP contribution in [-0.2, 0) is 14.3 Å². The van der Waals surface area contributed by atoms with Crippen LogP contribution in [0.25, 0.3) is 0 Å². The summed E-state index contributed by atoms with van der Waals surface area (Å²) in [6.45, 7) is 5.04. The molecule has 3 rings (SSSR count). The van der Waals surface area contributed by atoms with Gasteiger partial charge in [0, 0.05) is 37.7 Å². The molecule has 2 saturated heterocycles. The number of hydrogen-bond acceptors (Lipinski definition) is 4. The Hall–Kier alpha value is -2.04. The lowest BCUT2D eigenvalue weighted by atomic mass is 10.1. The van der Waals surface area contributed by atoms with E-state index in [1.165, 1.54) is 5.69 Å². The van der Waals surface area contributed by atoms with Crippen molar-refractivity contribution in [2.24, 2.45) is 5.92 Å². The summed E-state index contributed by atoms with van der Waals surface area (Å²) in [7, 11) is 0. The van der Waals surface area contributed by atoms with Crippen molar-refractivity contribution in [1.82, 2.24) is 4.90 Å². The Balaban J connectivity index is 1.47. The van der Waals surface area contributed by atoms with E-state index in [2.05, 4.69) is 17.0 Å². The predicted molar refractivity (Wildman–Crippen MR) is 97.4 cm³/mol. The summed E-state index contributed by atoms with van der Waals surface area (Å²) in [5.41, 5.74) is 1.23. The molecule has 2 aliphatic rings. The van der Waals surface area contributed by atoms with Crippen LogP contribution < -0.4 is 4.90 Å². The maximum absolute atomic E-state index is 12.4. The number of amides is 1. The third-order valence-corrected chi connectivity index (χ3v) is 5.18. The van der Waals surface area contributed by atoms with E-state index in [0.29, 0.717) is 25.5 Å². The zero-order valence-corrected chi connectivity index (χ0v) is 15.0. The second kappa shape index (κ2) is 8.37. The van der Waals surface area contributed by atoms with Crippen molar-refractivity contribution >= 4 is 17.6 Å². The van der Waals surface area contributed by atoms with Crippen molar-refractivity contribution in [2.75, 3.05) is 31.1 Å². The molecule has 5 nitrogen and oxygen atoms in total. The molecule has 25 heavy (non-hydrogen) atoms. The third-order valence-electron chi connectivity index (χ3n) is 5.18. The van der Waals surface area contributed by atoms with E-state index in [1.54, 1.807) is 4.90 Å². The zero-order valence-electron chi connectivity index (χ0n) is 15.0. The summed E-state index contributed by atoms with van der Waals surface area (Å²) in [6, 6.07) is 9.97. The standard InChI is InChI=1S/C20H28N2O3/c1-2-7-19(23)22-12-6-10-18(22)20(24)25-15-16-11-13-21(14-16)17-8-4-3-5-9-17/h3-5,8-9,16,18H,2,6-7,10-15H2,1H3/t16-,18-/m0/s1. The first-order valence-corrected chi connectivity index (χ1v) is 9.45. The highest BCUT2D eigenvalue weighted by Gasteiger charge is 2.35. The molecule has 0 saturated carbocycles. The van der Waals surface area contributed by atoms with E-state index in [4.69, 9.17) is 4.74 Å². The lowest BCUT2D eigenvalue weighted by molar-refractivity contribution is -0.154. The minimum Gasteiger partial charge on any atom is -0.464 e. The Labute approximate surface area is 149 Å². The first-order chi connectivity index (χ1) is 12.2. The number of rotatable bonds is 6. The van der Waals surface area contributed by atoms with Gasteiger partial charge in [-0.05, 0) is 37.8 Å². The maximum Gasteiger partial charge on any atom is 0.328 e. The number of hydrogen-bond donors (Lipinski definition) is 0. The average Bonchev–Trinajstić information content (AvgIpc) is 3.30. The fourth-order valence-electron chi connectivity index (χ4n) is 3.81. The van der Waals surface area contributed by atoms with Gasteiger partial charge in [0.05, 0.1) is 6.61 Å². The number of ether oxygens (including phenoxy) is 1. The van der Waals surface area contributed by atoms with Gasteiger partial charge in [0.2, 0.25) is 5.91 Å². The SMILES string of the molecule is CCCC(=O)N1CCC[C@H]1C(=O)OC[C@H]1CCN(c2ccccc2)C1. The highest BCUT2D eigenvalue weighted by molar-refractivity contribution is 5.85. The van der Waals surface area contributed by atoms with E-state index in [9.17, 15) is 9.59 Å². The van der Waals surface area contributed by atoms with Crippen molar-refractivity contribution in [1.29, 1.82) is 0 Å². The van der Waals surface area contributed by atoms with E-state index >= 15 is 0 Å². The molecule has 2 atom stereocenters. The molecule has 2 fully saturated rings. The van der Waals surface area contributed by atoms with E-state index in [0.717, 1.165) is 38.8 Å². The number of benzene rings is 1. The van der Waals surface area contributed by atoms with Crippen molar-refractivity contribution in [3.8, 4) is 0 Å². The largest absolute Gasteiger partial charge is 0.464 e. The van der Waals surface area contributed by atoms with E-state index < -0.39 is 0 Å². The summed E-state index contributed by atoms with van der Waals surface area (Å²) in [6.07, 6.45) is 3.98. The summed E-state index contributed by atoms with van der Waals surface area (Å²) in [4.78, 5) is 28.6. The molecule has 1 amide bonds. The fraction of sp³-hybridized carbons (Fsp3) is 0.600. The van der Waals surface area contributed by atoms with Gasteiger partial charge in [0.1, 0.15) is 6.04 Å². The normalized spacial score (nSPS) is 23.1. The topological polar surface area (TPSA) is 49.9 Å². The second-order valence-electron chi connectivity index (χ2n) is 7.06. The van der Waals surface area contributed by atoms with Crippen molar-refractivity contribution in [2.45, 2.75) is 45.1 Å². The first-order valence-electron chi connectivity index (χ1n) is 9.45. The molecule has 0 aliphatic carbocycles. The number of para-hydroxylation sites is 1. The molecule has 0 bridgehead atoms. The lowest BCUT2D eigenvalue weighted by Crippen LogP contribution is -2.41. The molecule has 0 radical (unpaired) electrons. The van der Waals surface area contributed by atoms with Gasteiger partial charge >= 0.3 is 5.97 Å². The van der Waals surface area contributed by atoms with E-state index in [1.807, 2.05) is 25.1 Å². The number of carbonyl (C=O) groups excluding carboxylic acids is 2. The van der Waals surface area contributed by atoms with Crippen LogP contribution in [0.2, 0.25) is 0 Å². The number of anilines is 1. The van der Waals surface area contributed by atoms with Gasteiger partial charge < -0.3 is 14.5 Å². The van der Waals surface area contributed by atoms with Crippen molar-refractivity contribution < 1.29 is 14.3 Å². The molecule has 1 aromatic carbocycles. The van der Waals surface area contributed by atoms with Gasteiger partial charge in [-0.25, -0.2) is 4.79 Å². The minimum absolute atomic E-state index is 0.0815. The number of esters is 1. The smallest absolute Gasteiger partial charge is 0.328 e. The van der Waals surface area contributed by atoms with Gasteiger partial charge in [-0.2, -0.15) is 0 Å². The van der Waals surface area contributed by atoms with Crippen LogP contribution in [0.15, 0.2) is 30.3 Å². The molecule has 136 valence electrons. The van der Waals surface area contributed by atoms with Crippen LogP contribution in [0.4, 0.5) is 5.69 Å². The predicted octanol–water partition coefficient (Wildman–Crippen LogP) is 2.85. The zero-order chi connectivity index (χ0) is 17.6. The maximum atomic E-state index is 12.4. The van der Waals surface area contributed by atoms with Gasteiger partial charge in [0.25, 0.3) is 0 Å². The molecule has 0 aromatic heterocycles. The molecule has 5 heteroatoms. The molecular weight excluding hydrogens is 316 g/mol. The summed E-state index contributed by atoms with van der Waals surface area (Å²) in [5, 5.41) is 0. The van der Waals surface area contributed by atoms with Crippen LogP contribution in [0.5, 0.6) is 0 Å². The molecule has 0 spiro atoms. The van der Waals surface area contributed by atoms with Crippen molar-refractivity contribution in [3.63, 3.8) is 0 Å². The Morgan fingerprint density at radius 1 is 1.16 bits per heavy atom. The summed E-state index contributed by atoms with van der Waals surface area (Å²) in [5.74, 6) is 0.225. The third kappa shape index (κ3) is 4.33. The average molecular weight is 344 g/mol. The van der Waals surface area contributed by atoms with Crippen LogP contribution >= 0.6 is 0 Å². The Morgan fingerprint density at radius 3 is 2.72 bits per heavy atom. The Bertz CT molecular complexity index is 590. The summed E-state index contributed by atoms with van der Waals surface area (Å²) >= 11 is 0. The number of likely N-dealkylation sites (tertiary alicyclic amines) is 1. The van der Waals surface area contributed by atoms with Gasteiger partial charge in [-0.1, -0.05) is 25.1 Å². The quantitative estimate of drug-likeness (QED) is 0.745. The highest BCUT2D eigenvalue weighted by atomic mass is 16.5. The van der Waals surface area contributed by atoms with Crippen molar-refractivity contribution in [3.05, 3.63) is 30.3 Å². The van der Waals surface area contributed by atoms with E-state index in [-0.39, 0.29) is 17.9 Å². The monoisotopic (exact) mass is 344 g/mol. The molecule has 2 aliphatic heterocycles. The molecule has 1 aromatic rings. The van der Waals surface area contributed by atoms with Gasteiger partial charge in [0.15, 0.2) is 0 Å². The first kappa shape index (κ1) is 17.8. The van der Waals surface area contributed by atoms with Crippen LogP contribution in [0.1, 0.15) is 39.0 Å². The lowest BCUT2D eigenvalue weighted by Gasteiger charge is -2.24. The van der Waals surface area contributed by atoms with Crippen LogP contribution in [0.3, 0.4) is 0 Å². The number of carbonyl (C=O) groups is 2. The van der Waals surface area contributed by atoms with Gasteiger partial charge in [-0.3, -0.25) is 4.79 Å². The van der Waals surface area contributed by atoms with Crippen LogP contribution in [0, 0.1) is 5.92 Å². The summed E-state index contributed by atoms with van der Waals surface area (Å²) < 4.78 is 5.59. The molecule has 0 N–H and O–H groups in total.